The van der Waals surface area contributed by atoms with Gasteiger partial charge in [-0.25, -0.2) is 0 Å². The Labute approximate surface area is 76.4 Å². The quantitative estimate of drug-likeness (QED) is 0.707. The van der Waals surface area contributed by atoms with Crippen LogP contribution >= 0.6 is 11.6 Å². The Morgan fingerprint density at radius 1 is 1.33 bits per heavy atom. The van der Waals surface area contributed by atoms with Crippen molar-refractivity contribution in [1.29, 1.82) is 0 Å². The van der Waals surface area contributed by atoms with Crippen molar-refractivity contribution in [3.63, 3.8) is 0 Å². The second kappa shape index (κ2) is 2.96. The van der Waals surface area contributed by atoms with Crippen molar-refractivity contribution < 1.29 is 10.2 Å². The van der Waals surface area contributed by atoms with Crippen molar-refractivity contribution in [1.82, 2.24) is 0 Å². The molecule has 1 rings (SSSR count). The van der Waals surface area contributed by atoms with Crippen LogP contribution in [0.2, 0.25) is 5.02 Å². The first kappa shape index (κ1) is 9.36. The Hall–Kier alpha value is -0.730. The number of aliphatic hydroxyl groups is 1. The molecule has 0 radical (unpaired) electrons. The summed E-state index contributed by atoms with van der Waals surface area (Å²) in [5, 5.41) is 19.2. The third-order valence-electron chi connectivity index (χ3n) is 1.61. The van der Waals surface area contributed by atoms with E-state index in [1.807, 2.05) is 0 Å². The first-order valence-corrected chi connectivity index (χ1v) is 4.00. The lowest BCUT2D eigenvalue weighted by Gasteiger charge is -2.19. The first-order chi connectivity index (χ1) is 5.41. The average Bonchev–Trinajstić information content (AvgIpc) is 1.92. The lowest BCUT2D eigenvalue weighted by atomic mass is 9.98. The van der Waals surface area contributed by atoms with Crippen LogP contribution in [0.25, 0.3) is 0 Å². The zero-order valence-corrected chi connectivity index (χ0v) is 7.76. The molecule has 0 aliphatic heterocycles. The molecule has 0 saturated carbocycles. The number of halogens is 1. The second-order valence-electron chi connectivity index (χ2n) is 3.22. The van der Waals surface area contributed by atoms with Gasteiger partial charge in [0.1, 0.15) is 5.75 Å². The molecule has 1 aromatic rings. The van der Waals surface area contributed by atoms with Gasteiger partial charge in [0.25, 0.3) is 0 Å². The second-order valence-corrected chi connectivity index (χ2v) is 3.63. The van der Waals surface area contributed by atoms with E-state index in [1.54, 1.807) is 19.9 Å². The molecule has 2 N–H and O–H groups in total. The normalized spacial score (nSPS) is 11.7. The van der Waals surface area contributed by atoms with E-state index in [4.69, 9.17) is 16.7 Å². The standard InChI is InChI=1S/C9H11ClO2/c1-9(2,12)7-5-6(11)3-4-8(7)10/h3-5,11-12H,1-2H3. The summed E-state index contributed by atoms with van der Waals surface area (Å²) in [5.74, 6) is 0.108. The van der Waals surface area contributed by atoms with E-state index in [0.29, 0.717) is 10.6 Å². The molecule has 0 amide bonds. The molecular weight excluding hydrogens is 176 g/mol. The highest BCUT2D eigenvalue weighted by Gasteiger charge is 2.19. The molecule has 0 saturated heterocycles. The van der Waals surface area contributed by atoms with Crippen molar-refractivity contribution in [2.75, 3.05) is 0 Å². The lowest BCUT2D eigenvalue weighted by molar-refractivity contribution is 0.0784. The van der Waals surface area contributed by atoms with Crippen LogP contribution in [0, 0.1) is 0 Å². The number of rotatable bonds is 1. The Bertz CT molecular complexity index is 289. The Morgan fingerprint density at radius 3 is 2.33 bits per heavy atom. The van der Waals surface area contributed by atoms with E-state index >= 15 is 0 Å². The van der Waals surface area contributed by atoms with Crippen LogP contribution in [0.4, 0.5) is 0 Å². The van der Waals surface area contributed by atoms with Gasteiger partial charge in [0.2, 0.25) is 0 Å². The Balaban J connectivity index is 3.23. The maximum Gasteiger partial charge on any atom is 0.116 e. The highest BCUT2D eigenvalue weighted by molar-refractivity contribution is 6.31. The van der Waals surface area contributed by atoms with E-state index in [0.717, 1.165) is 0 Å². The predicted octanol–water partition coefficient (Wildman–Crippen LogP) is 2.27. The number of phenolic OH excluding ortho intramolecular Hbond substituents is 1. The lowest BCUT2D eigenvalue weighted by Crippen LogP contribution is -2.15. The number of hydrogen-bond acceptors (Lipinski definition) is 2. The molecule has 2 nitrogen and oxygen atoms in total. The molecule has 0 bridgehead atoms. The van der Waals surface area contributed by atoms with Gasteiger partial charge in [-0.1, -0.05) is 11.6 Å². The summed E-state index contributed by atoms with van der Waals surface area (Å²) in [5.41, 5.74) is -0.486. The van der Waals surface area contributed by atoms with Crippen LogP contribution in [-0.4, -0.2) is 10.2 Å². The zero-order valence-electron chi connectivity index (χ0n) is 7.00. The number of phenols is 1. The highest BCUT2D eigenvalue weighted by Crippen LogP contribution is 2.30. The fourth-order valence-corrected chi connectivity index (χ4v) is 1.33. The Morgan fingerprint density at radius 2 is 1.92 bits per heavy atom. The molecule has 0 aromatic heterocycles. The molecule has 0 spiro atoms. The molecule has 1 aromatic carbocycles. The van der Waals surface area contributed by atoms with E-state index in [-0.39, 0.29) is 5.75 Å². The first-order valence-electron chi connectivity index (χ1n) is 3.62. The number of aromatic hydroxyl groups is 1. The molecule has 0 heterocycles. The van der Waals surface area contributed by atoms with Gasteiger partial charge in [0, 0.05) is 10.6 Å². The summed E-state index contributed by atoms with van der Waals surface area (Å²) in [4.78, 5) is 0. The van der Waals surface area contributed by atoms with Crippen LogP contribution in [0.3, 0.4) is 0 Å². The molecule has 0 fully saturated rings. The third kappa shape index (κ3) is 1.90. The zero-order chi connectivity index (χ0) is 9.35. The molecule has 0 aliphatic rings. The fourth-order valence-electron chi connectivity index (χ4n) is 0.982. The minimum atomic E-state index is -1.02. The van der Waals surface area contributed by atoms with Crippen LogP contribution in [0.1, 0.15) is 19.4 Å². The van der Waals surface area contributed by atoms with E-state index in [2.05, 4.69) is 0 Å². The van der Waals surface area contributed by atoms with Gasteiger partial charge in [0.15, 0.2) is 0 Å². The highest BCUT2D eigenvalue weighted by atomic mass is 35.5. The van der Waals surface area contributed by atoms with E-state index < -0.39 is 5.60 Å². The summed E-state index contributed by atoms with van der Waals surface area (Å²) >= 11 is 5.81. The molecule has 0 aliphatic carbocycles. The summed E-state index contributed by atoms with van der Waals surface area (Å²) in [7, 11) is 0. The summed E-state index contributed by atoms with van der Waals surface area (Å²) < 4.78 is 0. The summed E-state index contributed by atoms with van der Waals surface area (Å²) in [6.07, 6.45) is 0. The third-order valence-corrected chi connectivity index (χ3v) is 1.94. The topological polar surface area (TPSA) is 40.5 Å². The average molecular weight is 187 g/mol. The Kier molecular flexibility index (Phi) is 2.31. The molecule has 66 valence electrons. The molecular formula is C9H11ClO2. The van der Waals surface area contributed by atoms with Gasteiger partial charge >= 0.3 is 0 Å². The van der Waals surface area contributed by atoms with Crippen LogP contribution in [-0.2, 0) is 5.60 Å². The van der Waals surface area contributed by atoms with Crippen molar-refractivity contribution in [3.8, 4) is 5.75 Å². The van der Waals surface area contributed by atoms with Crippen molar-refractivity contribution in [3.05, 3.63) is 28.8 Å². The van der Waals surface area contributed by atoms with Gasteiger partial charge in [-0.3, -0.25) is 0 Å². The molecule has 3 heteroatoms. The largest absolute Gasteiger partial charge is 0.508 e. The minimum absolute atomic E-state index is 0.108. The van der Waals surface area contributed by atoms with Crippen molar-refractivity contribution in [2.24, 2.45) is 0 Å². The van der Waals surface area contributed by atoms with Gasteiger partial charge in [-0.05, 0) is 32.0 Å². The maximum atomic E-state index is 9.60. The number of benzene rings is 1. The van der Waals surface area contributed by atoms with Gasteiger partial charge in [-0.2, -0.15) is 0 Å². The van der Waals surface area contributed by atoms with Crippen molar-refractivity contribution in [2.45, 2.75) is 19.4 Å². The van der Waals surface area contributed by atoms with Crippen LogP contribution in [0.5, 0.6) is 5.75 Å². The van der Waals surface area contributed by atoms with Gasteiger partial charge < -0.3 is 10.2 Å². The van der Waals surface area contributed by atoms with Crippen LogP contribution < -0.4 is 0 Å². The van der Waals surface area contributed by atoms with Gasteiger partial charge in [0.05, 0.1) is 5.60 Å². The van der Waals surface area contributed by atoms with Gasteiger partial charge in [-0.15, -0.1) is 0 Å². The summed E-state index contributed by atoms with van der Waals surface area (Å²) in [6.45, 7) is 3.24. The van der Waals surface area contributed by atoms with Crippen LogP contribution in [0.15, 0.2) is 18.2 Å². The van der Waals surface area contributed by atoms with Crippen molar-refractivity contribution >= 4 is 11.6 Å². The molecule has 12 heavy (non-hydrogen) atoms. The van der Waals surface area contributed by atoms with E-state index in [9.17, 15) is 5.11 Å². The monoisotopic (exact) mass is 186 g/mol. The molecule has 0 unspecified atom stereocenters. The maximum absolute atomic E-state index is 9.60. The SMILES string of the molecule is CC(C)(O)c1cc(O)ccc1Cl. The summed E-state index contributed by atoms with van der Waals surface area (Å²) in [6, 6.07) is 4.50. The molecule has 0 atom stereocenters. The minimum Gasteiger partial charge on any atom is -0.508 e. The smallest absolute Gasteiger partial charge is 0.116 e. The predicted molar refractivity (Wildman–Crippen MR) is 48.4 cm³/mol. The number of hydrogen-bond donors (Lipinski definition) is 2. The van der Waals surface area contributed by atoms with E-state index in [1.165, 1.54) is 12.1 Å². The fraction of sp³-hybridized carbons (Fsp3) is 0.333.